The summed E-state index contributed by atoms with van der Waals surface area (Å²) in [5.41, 5.74) is 2.84. The molecule has 3 aliphatic rings. The van der Waals surface area contributed by atoms with E-state index in [4.69, 9.17) is 4.74 Å². The highest BCUT2D eigenvalue weighted by Gasteiger charge is 2.59. The molecule has 1 aromatic carbocycles. The van der Waals surface area contributed by atoms with Crippen LogP contribution in [0.1, 0.15) is 45.1 Å². The number of rotatable bonds is 4. The number of aliphatic imine (C=N–C) groups is 1. The predicted molar refractivity (Wildman–Crippen MR) is 131 cm³/mol. The Hall–Kier alpha value is -1.02. The van der Waals surface area contributed by atoms with Crippen molar-refractivity contribution in [1.82, 2.24) is 10.2 Å². The molecule has 0 aromatic heterocycles. The maximum atomic E-state index is 5.93. The molecule has 5 nitrogen and oxygen atoms in total. The summed E-state index contributed by atoms with van der Waals surface area (Å²) in [6, 6.07) is 9.52. The molecule has 29 heavy (non-hydrogen) atoms. The van der Waals surface area contributed by atoms with Gasteiger partial charge in [0.2, 0.25) is 0 Å². The summed E-state index contributed by atoms with van der Waals surface area (Å²) in [5, 5.41) is 3.74. The molecule has 4 rings (SSSR count). The Labute approximate surface area is 193 Å². The predicted octanol–water partition coefficient (Wildman–Crippen LogP) is 4.12. The monoisotopic (exact) mass is 512 g/mol. The number of hydrogen-bond donors (Lipinski definition) is 1. The van der Waals surface area contributed by atoms with Crippen molar-refractivity contribution >= 4 is 35.6 Å². The standard InChI is InChI=1S/C23H36N4O.HI/c1-23(2)20(19-12-15-28-21(19)23)25-22(24-3)26(4)16-17-8-10-18(11-9-17)27-13-6-5-7-14-27;/h8-11,19-21H,5-7,12-16H2,1-4H3,(H,24,25);1H. The molecule has 2 saturated heterocycles. The van der Waals surface area contributed by atoms with Crippen molar-refractivity contribution in [2.75, 3.05) is 38.7 Å². The van der Waals surface area contributed by atoms with Crippen LogP contribution in [0, 0.1) is 11.3 Å². The summed E-state index contributed by atoms with van der Waals surface area (Å²) in [7, 11) is 4.01. The first kappa shape index (κ1) is 22.7. The van der Waals surface area contributed by atoms with Gasteiger partial charge in [0.1, 0.15) is 0 Å². The smallest absolute Gasteiger partial charge is 0.193 e. The van der Waals surface area contributed by atoms with Crippen molar-refractivity contribution in [3.8, 4) is 0 Å². The maximum absolute atomic E-state index is 5.93. The van der Waals surface area contributed by atoms with E-state index in [0.717, 1.165) is 25.5 Å². The van der Waals surface area contributed by atoms with Gasteiger partial charge in [0.05, 0.1) is 6.10 Å². The fraction of sp³-hybridized carbons (Fsp3) is 0.696. The van der Waals surface area contributed by atoms with E-state index >= 15 is 0 Å². The number of nitrogens with one attached hydrogen (secondary N) is 1. The van der Waals surface area contributed by atoms with Crippen LogP contribution >= 0.6 is 24.0 Å². The lowest BCUT2D eigenvalue weighted by Gasteiger charge is -2.55. The Morgan fingerprint density at radius 1 is 1.21 bits per heavy atom. The van der Waals surface area contributed by atoms with Gasteiger partial charge in [0.15, 0.2) is 5.96 Å². The van der Waals surface area contributed by atoms with Crippen LogP contribution in [0.25, 0.3) is 0 Å². The Balaban J connectivity index is 0.00000240. The van der Waals surface area contributed by atoms with Crippen molar-refractivity contribution < 1.29 is 4.74 Å². The van der Waals surface area contributed by atoms with E-state index in [2.05, 4.69) is 65.3 Å². The number of halogens is 1. The fourth-order valence-electron chi connectivity index (χ4n) is 5.41. The van der Waals surface area contributed by atoms with Crippen molar-refractivity contribution in [2.24, 2.45) is 16.3 Å². The van der Waals surface area contributed by atoms with Gasteiger partial charge < -0.3 is 19.9 Å². The number of fused-ring (bicyclic) bond motifs is 1. The lowest BCUT2D eigenvalue weighted by Crippen LogP contribution is -2.67. The van der Waals surface area contributed by atoms with E-state index < -0.39 is 0 Å². The lowest BCUT2D eigenvalue weighted by atomic mass is 9.57. The van der Waals surface area contributed by atoms with Gasteiger partial charge >= 0.3 is 0 Å². The first-order valence-electron chi connectivity index (χ1n) is 10.9. The third-order valence-electron chi connectivity index (χ3n) is 7.04. The molecule has 0 spiro atoms. The second-order valence-electron chi connectivity index (χ2n) is 9.30. The molecule has 3 unspecified atom stereocenters. The molecule has 1 aromatic rings. The second kappa shape index (κ2) is 9.41. The SMILES string of the molecule is CN=C(NC1C2CCOC2C1(C)C)N(C)Cc1ccc(N2CCCCC2)cc1.I. The highest BCUT2D eigenvalue weighted by Crippen LogP contribution is 2.52. The molecule has 0 radical (unpaired) electrons. The largest absolute Gasteiger partial charge is 0.377 e. The van der Waals surface area contributed by atoms with Gasteiger partial charge in [-0.3, -0.25) is 4.99 Å². The number of ether oxygens (including phenoxy) is 1. The van der Waals surface area contributed by atoms with Crippen LogP contribution in [0.5, 0.6) is 0 Å². The lowest BCUT2D eigenvalue weighted by molar-refractivity contribution is -0.107. The Kier molecular flexibility index (Phi) is 7.36. The first-order valence-corrected chi connectivity index (χ1v) is 10.9. The molecular weight excluding hydrogens is 475 g/mol. The minimum absolute atomic E-state index is 0. The summed E-state index contributed by atoms with van der Waals surface area (Å²) >= 11 is 0. The van der Waals surface area contributed by atoms with E-state index in [1.807, 2.05) is 7.05 Å². The Bertz CT molecular complexity index is 699. The maximum Gasteiger partial charge on any atom is 0.193 e. The molecule has 3 atom stereocenters. The molecule has 6 heteroatoms. The normalized spacial score (nSPS) is 28.2. The van der Waals surface area contributed by atoms with E-state index in [-0.39, 0.29) is 29.4 Å². The first-order chi connectivity index (χ1) is 13.5. The zero-order chi connectivity index (χ0) is 19.7. The molecule has 2 heterocycles. The molecule has 0 amide bonds. The molecule has 1 aliphatic carbocycles. The van der Waals surface area contributed by atoms with Crippen LogP contribution in [0.4, 0.5) is 5.69 Å². The minimum atomic E-state index is 0. The molecule has 1 N–H and O–H groups in total. The van der Waals surface area contributed by atoms with Gasteiger partial charge in [0.25, 0.3) is 0 Å². The van der Waals surface area contributed by atoms with Gasteiger partial charge in [-0.05, 0) is 43.4 Å². The number of piperidine rings is 1. The summed E-state index contributed by atoms with van der Waals surface area (Å²) in [5.74, 6) is 1.59. The molecular formula is C23H37IN4O. The molecule has 2 aliphatic heterocycles. The van der Waals surface area contributed by atoms with Gasteiger partial charge in [-0.1, -0.05) is 26.0 Å². The summed E-state index contributed by atoms with van der Waals surface area (Å²) in [6.45, 7) is 8.76. The Morgan fingerprint density at radius 3 is 2.55 bits per heavy atom. The zero-order valence-electron chi connectivity index (χ0n) is 18.4. The molecule has 0 bridgehead atoms. The quantitative estimate of drug-likeness (QED) is 0.375. The fourth-order valence-corrected chi connectivity index (χ4v) is 5.41. The third-order valence-corrected chi connectivity index (χ3v) is 7.04. The summed E-state index contributed by atoms with van der Waals surface area (Å²) in [4.78, 5) is 9.30. The van der Waals surface area contributed by atoms with Crippen LogP contribution in [0.15, 0.2) is 29.3 Å². The summed E-state index contributed by atoms with van der Waals surface area (Å²) < 4.78 is 5.93. The molecule has 1 saturated carbocycles. The highest BCUT2D eigenvalue weighted by atomic mass is 127. The van der Waals surface area contributed by atoms with Crippen molar-refractivity contribution in [1.29, 1.82) is 0 Å². The van der Waals surface area contributed by atoms with Crippen LogP contribution in [0.3, 0.4) is 0 Å². The minimum Gasteiger partial charge on any atom is -0.377 e. The number of guanidine groups is 1. The van der Waals surface area contributed by atoms with Gasteiger partial charge in [-0.25, -0.2) is 0 Å². The van der Waals surface area contributed by atoms with Gasteiger partial charge in [0, 0.05) is 63.4 Å². The van der Waals surface area contributed by atoms with E-state index in [0.29, 0.717) is 18.1 Å². The second-order valence-corrected chi connectivity index (χ2v) is 9.30. The molecule has 3 fully saturated rings. The van der Waals surface area contributed by atoms with E-state index in [1.54, 1.807) is 0 Å². The number of nitrogens with zero attached hydrogens (tertiary/aromatic N) is 3. The van der Waals surface area contributed by atoms with Crippen LogP contribution < -0.4 is 10.2 Å². The van der Waals surface area contributed by atoms with Crippen LogP contribution in [-0.4, -0.2) is 56.8 Å². The zero-order valence-corrected chi connectivity index (χ0v) is 20.7. The number of benzene rings is 1. The third kappa shape index (κ3) is 4.53. The average Bonchev–Trinajstić information content (AvgIpc) is 3.17. The highest BCUT2D eigenvalue weighted by molar-refractivity contribution is 14.0. The number of hydrogen-bond acceptors (Lipinski definition) is 3. The van der Waals surface area contributed by atoms with Crippen molar-refractivity contribution in [2.45, 2.75) is 58.2 Å². The summed E-state index contributed by atoms with van der Waals surface area (Å²) in [6.07, 6.45) is 5.56. The Morgan fingerprint density at radius 2 is 1.90 bits per heavy atom. The van der Waals surface area contributed by atoms with Crippen LogP contribution in [0.2, 0.25) is 0 Å². The van der Waals surface area contributed by atoms with E-state index in [1.165, 1.54) is 43.6 Å². The topological polar surface area (TPSA) is 40.1 Å². The van der Waals surface area contributed by atoms with Gasteiger partial charge in [-0.2, -0.15) is 0 Å². The average molecular weight is 512 g/mol. The molecule has 162 valence electrons. The number of anilines is 1. The van der Waals surface area contributed by atoms with Gasteiger partial charge in [-0.15, -0.1) is 24.0 Å². The van der Waals surface area contributed by atoms with E-state index in [9.17, 15) is 0 Å². The van der Waals surface area contributed by atoms with Crippen LogP contribution in [-0.2, 0) is 11.3 Å². The van der Waals surface area contributed by atoms with Crippen molar-refractivity contribution in [3.05, 3.63) is 29.8 Å². The van der Waals surface area contributed by atoms with Crippen molar-refractivity contribution in [3.63, 3.8) is 0 Å².